The van der Waals surface area contributed by atoms with Gasteiger partial charge < -0.3 is 18.8 Å². The highest BCUT2D eigenvalue weighted by Crippen LogP contribution is 2.40. The third-order valence-corrected chi connectivity index (χ3v) is 5.35. The quantitative estimate of drug-likeness (QED) is 0.771. The molecule has 2 aliphatic rings. The van der Waals surface area contributed by atoms with Gasteiger partial charge in [0.15, 0.2) is 0 Å². The number of halogens is 1. The molecule has 0 spiro atoms. The molecule has 0 aliphatic carbocycles. The van der Waals surface area contributed by atoms with Crippen LogP contribution in [-0.4, -0.2) is 38.1 Å². The van der Waals surface area contributed by atoms with E-state index in [0.29, 0.717) is 25.4 Å². The maximum absolute atomic E-state index is 14.9. The summed E-state index contributed by atoms with van der Waals surface area (Å²) in [6.07, 6.45) is -0.0555. The second kappa shape index (κ2) is 6.84. The molecule has 4 nitrogen and oxygen atoms in total. The minimum atomic E-state index is -0.972. The number of rotatable bonds is 3. The highest BCUT2D eigenvalue weighted by Gasteiger charge is 2.53. The van der Waals surface area contributed by atoms with Crippen LogP contribution in [0.2, 0.25) is 0 Å². The summed E-state index contributed by atoms with van der Waals surface area (Å²) in [6.45, 7) is 11.2. The minimum absolute atomic E-state index is 0.0555. The summed E-state index contributed by atoms with van der Waals surface area (Å²) in [4.78, 5) is 0. The SMILES string of the molecule is CC(=C(F)B1OC(C)(C)C(C)(C)O1)c1ccc(C2COCCO2)cc1. The molecule has 0 bridgehead atoms. The summed E-state index contributed by atoms with van der Waals surface area (Å²) >= 11 is 0. The third-order valence-electron chi connectivity index (χ3n) is 5.35. The first-order valence-corrected chi connectivity index (χ1v) is 8.73. The molecule has 0 radical (unpaired) electrons. The van der Waals surface area contributed by atoms with Gasteiger partial charge in [0.2, 0.25) is 0 Å². The summed E-state index contributed by atoms with van der Waals surface area (Å²) in [5.74, 6) is 0. The Morgan fingerprint density at radius 3 is 2.16 bits per heavy atom. The van der Waals surface area contributed by atoms with Crippen LogP contribution >= 0.6 is 0 Å². The fourth-order valence-electron chi connectivity index (χ4n) is 2.89. The third kappa shape index (κ3) is 3.67. The molecule has 25 heavy (non-hydrogen) atoms. The van der Waals surface area contributed by atoms with Crippen molar-refractivity contribution in [3.05, 3.63) is 41.1 Å². The zero-order valence-corrected chi connectivity index (χ0v) is 15.6. The van der Waals surface area contributed by atoms with Crippen LogP contribution in [0.4, 0.5) is 4.39 Å². The van der Waals surface area contributed by atoms with E-state index in [9.17, 15) is 4.39 Å². The predicted molar refractivity (Wildman–Crippen MR) is 95.7 cm³/mol. The maximum atomic E-state index is 14.9. The maximum Gasteiger partial charge on any atom is 0.525 e. The molecule has 2 aliphatic heterocycles. The van der Waals surface area contributed by atoms with Crippen molar-refractivity contribution in [3.8, 4) is 0 Å². The number of hydrogen-bond acceptors (Lipinski definition) is 4. The van der Waals surface area contributed by atoms with Crippen LogP contribution in [0.15, 0.2) is 30.0 Å². The molecule has 1 atom stereocenters. The van der Waals surface area contributed by atoms with Crippen molar-refractivity contribution in [1.82, 2.24) is 0 Å². The Bertz CT molecular complexity index is 632. The molecule has 136 valence electrons. The Morgan fingerprint density at radius 2 is 1.64 bits per heavy atom. The minimum Gasteiger partial charge on any atom is -0.398 e. The van der Waals surface area contributed by atoms with E-state index in [1.807, 2.05) is 52.0 Å². The molecule has 1 aromatic carbocycles. The first-order chi connectivity index (χ1) is 11.7. The summed E-state index contributed by atoms with van der Waals surface area (Å²) < 4.78 is 37.6. The topological polar surface area (TPSA) is 36.9 Å². The van der Waals surface area contributed by atoms with Crippen molar-refractivity contribution in [2.45, 2.75) is 51.9 Å². The van der Waals surface area contributed by atoms with Crippen molar-refractivity contribution in [1.29, 1.82) is 0 Å². The van der Waals surface area contributed by atoms with Crippen LogP contribution in [0.1, 0.15) is 51.8 Å². The fourth-order valence-corrected chi connectivity index (χ4v) is 2.89. The van der Waals surface area contributed by atoms with E-state index in [0.717, 1.165) is 11.1 Å². The lowest BCUT2D eigenvalue weighted by molar-refractivity contribution is -0.0901. The predicted octanol–water partition coefficient (Wildman–Crippen LogP) is 4.11. The van der Waals surface area contributed by atoms with Gasteiger partial charge in [0.1, 0.15) is 11.8 Å². The van der Waals surface area contributed by atoms with Crippen molar-refractivity contribution in [2.75, 3.05) is 19.8 Å². The van der Waals surface area contributed by atoms with Gasteiger partial charge in [-0.2, -0.15) is 0 Å². The Kier molecular flexibility index (Phi) is 5.08. The molecule has 0 aromatic heterocycles. The van der Waals surface area contributed by atoms with Crippen LogP contribution in [0.3, 0.4) is 0 Å². The molecule has 0 amide bonds. The molecule has 2 heterocycles. The number of ether oxygens (including phenoxy) is 2. The van der Waals surface area contributed by atoms with Crippen LogP contribution in [-0.2, 0) is 18.8 Å². The fraction of sp³-hybridized carbons (Fsp3) is 0.579. The first-order valence-electron chi connectivity index (χ1n) is 8.73. The van der Waals surface area contributed by atoms with E-state index in [1.165, 1.54) is 0 Å². The van der Waals surface area contributed by atoms with Gasteiger partial charge in [0.25, 0.3) is 0 Å². The number of benzene rings is 1. The van der Waals surface area contributed by atoms with Gasteiger partial charge >= 0.3 is 7.12 Å². The van der Waals surface area contributed by atoms with Gasteiger partial charge in [-0.25, -0.2) is 4.39 Å². The van der Waals surface area contributed by atoms with E-state index in [-0.39, 0.29) is 11.8 Å². The van der Waals surface area contributed by atoms with Gasteiger partial charge in [-0.15, -0.1) is 0 Å². The average molecular weight is 348 g/mol. The Hall–Kier alpha value is -1.21. The molecule has 2 fully saturated rings. The van der Waals surface area contributed by atoms with Gasteiger partial charge in [-0.1, -0.05) is 24.3 Å². The monoisotopic (exact) mass is 348 g/mol. The molecular formula is C19H26BFO4. The van der Waals surface area contributed by atoms with Crippen LogP contribution in [0.5, 0.6) is 0 Å². The molecule has 0 N–H and O–H groups in total. The van der Waals surface area contributed by atoms with E-state index < -0.39 is 18.3 Å². The standard InChI is InChI=1S/C19H26BFO4/c1-13(17(21)20-24-18(2,3)19(4,5)25-20)14-6-8-15(9-7-14)16-12-22-10-11-23-16/h6-9,16H,10-12H2,1-5H3. The number of hydrogen-bond donors (Lipinski definition) is 0. The molecule has 2 saturated heterocycles. The van der Waals surface area contributed by atoms with Gasteiger partial charge in [-0.05, 0) is 51.3 Å². The molecule has 1 unspecified atom stereocenters. The van der Waals surface area contributed by atoms with E-state index >= 15 is 0 Å². The second-order valence-electron chi connectivity index (χ2n) is 7.62. The largest absolute Gasteiger partial charge is 0.525 e. The number of allylic oxidation sites excluding steroid dienone is 1. The summed E-state index contributed by atoms with van der Waals surface area (Å²) in [5, 5.41) is 0. The zero-order valence-electron chi connectivity index (χ0n) is 15.6. The smallest absolute Gasteiger partial charge is 0.398 e. The van der Waals surface area contributed by atoms with Crippen molar-refractivity contribution < 1.29 is 23.2 Å². The second-order valence-corrected chi connectivity index (χ2v) is 7.62. The first kappa shape index (κ1) is 18.6. The summed E-state index contributed by atoms with van der Waals surface area (Å²) in [6, 6.07) is 7.70. The Morgan fingerprint density at radius 1 is 1.04 bits per heavy atom. The van der Waals surface area contributed by atoms with Crippen molar-refractivity contribution in [2.24, 2.45) is 0 Å². The highest BCUT2D eigenvalue weighted by molar-refractivity contribution is 6.55. The van der Waals surface area contributed by atoms with Crippen molar-refractivity contribution >= 4 is 12.7 Å². The highest BCUT2D eigenvalue weighted by atomic mass is 19.1. The molecule has 1 aromatic rings. The molecular weight excluding hydrogens is 322 g/mol. The van der Waals surface area contributed by atoms with Gasteiger partial charge in [0, 0.05) is 0 Å². The van der Waals surface area contributed by atoms with E-state index in [2.05, 4.69) is 0 Å². The lowest BCUT2D eigenvalue weighted by atomic mass is 9.83. The lowest BCUT2D eigenvalue weighted by Crippen LogP contribution is -2.41. The lowest BCUT2D eigenvalue weighted by Gasteiger charge is -2.32. The molecule has 0 saturated carbocycles. The molecule has 6 heteroatoms. The molecule has 3 rings (SSSR count). The average Bonchev–Trinajstić information content (AvgIpc) is 2.82. The van der Waals surface area contributed by atoms with E-state index in [4.69, 9.17) is 18.8 Å². The summed E-state index contributed by atoms with van der Waals surface area (Å²) in [5.41, 5.74) is 0.851. The van der Waals surface area contributed by atoms with Crippen LogP contribution in [0, 0.1) is 0 Å². The van der Waals surface area contributed by atoms with Gasteiger partial charge in [-0.3, -0.25) is 0 Å². The Labute approximate surface area is 149 Å². The Balaban J connectivity index is 1.77. The summed E-state index contributed by atoms with van der Waals surface area (Å²) in [7, 11) is -0.972. The normalized spacial score (nSPS) is 26.5. The van der Waals surface area contributed by atoms with Gasteiger partial charge in [0.05, 0.1) is 31.0 Å². The van der Waals surface area contributed by atoms with Crippen molar-refractivity contribution in [3.63, 3.8) is 0 Å². The van der Waals surface area contributed by atoms with Crippen LogP contribution < -0.4 is 0 Å². The van der Waals surface area contributed by atoms with E-state index in [1.54, 1.807) is 6.92 Å². The zero-order chi connectivity index (χ0) is 18.2. The van der Waals surface area contributed by atoms with Crippen LogP contribution in [0.25, 0.3) is 5.57 Å².